The highest BCUT2D eigenvalue weighted by Gasteiger charge is 2.25. The van der Waals surface area contributed by atoms with E-state index in [-0.39, 0.29) is 0 Å². The number of furan rings is 2. The maximum absolute atomic E-state index is 9.49. The fourth-order valence-corrected chi connectivity index (χ4v) is 6.80. The van der Waals surface area contributed by atoms with Gasteiger partial charge in [-0.2, -0.15) is 5.26 Å². The standard InChI is InChI=1S/C38H25N3O2/c39-22-23-14-19-32-31(20-23)40-38(25-8-2-1-3-9-25)41(32)26-17-15-24(16-18-26)29-21-30-27-10-4-6-12-33(27)42-37(30)35-28-11-5-7-13-34(28)43-36(29)35/h1-4,6,8-10,12,14-21H,5,7,11,13H2. The summed E-state index contributed by atoms with van der Waals surface area (Å²) < 4.78 is 15.3. The third-order valence-corrected chi connectivity index (χ3v) is 8.82. The lowest BCUT2D eigenvalue weighted by Crippen LogP contribution is -1.98. The second kappa shape index (κ2) is 9.20. The first-order chi connectivity index (χ1) is 21.3. The summed E-state index contributed by atoms with van der Waals surface area (Å²) in [5.74, 6) is 1.94. The van der Waals surface area contributed by atoms with Gasteiger partial charge in [-0.3, -0.25) is 4.57 Å². The van der Waals surface area contributed by atoms with Crippen molar-refractivity contribution in [3.05, 3.63) is 120 Å². The highest BCUT2D eigenvalue weighted by Crippen LogP contribution is 2.45. The predicted molar refractivity (Wildman–Crippen MR) is 170 cm³/mol. The van der Waals surface area contributed by atoms with E-state index in [1.54, 1.807) is 0 Å². The molecule has 0 unspecified atom stereocenters. The molecule has 8 aromatic rings. The van der Waals surface area contributed by atoms with Crippen molar-refractivity contribution in [2.75, 3.05) is 0 Å². The van der Waals surface area contributed by atoms with Crippen LogP contribution in [0.3, 0.4) is 0 Å². The van der Waals surface area contributed by atoms with Crippen molar-refractivity contribution >= 4 is 43.9 Å². The SMILES string of the molecule is N#Cc1ccc2c(c1)nc(-c1ccccc1)n2-c1ccc(-c2cc3c4ccccc4oc3c3c4c(oc23)CCCC4)cc1. The smallest absolute Gasteiger partial charge is 0.146 e. The first-order valence-corrected chi connectivity index (χ1v) is 14.7. The maximum atomic E-state index is 9.49. The number of hydrogen-bond donors (Lipinski definition) is 0. The Balaban J connectivity index is 1.26. The van der Waals surface area contributed by atoms with Crippen LogP contribution in [0.2, 0.25) is 0 Å². The van der Waals surface area contributed by atoms with Crippen molar-refractivity contribution in [3.8, 4) is 34.3 Å². The van der Waals surface area contributed by atoms with Crippen LogP contribution in [0, 0.1) is 11.3 Å². The van der Waals surface area contributed by atoms with E-state index in [2.05, 4.69) is 65.2 Å². The summed E-state index contributed by atoms with van der Waals surface area (Å²) in [7, 11) is 0. The van der Waals surface area contributed by atoms with E-state index in [1.807, 2.05) is 48.5 Å². The van der Waals surface area contributed by atoms with Crippen molar-refractivity contribution in [2.45, 2.75) is 25.7 Å². The third kappa shape index (κ3) is 3.60. The van der Waals surface area contributed by atoms with Crippen molar-refractivity contribution in [3.63, 3.8) is 0 Å². The summed E-state index contributed by atoms with van der Waals surface area (Å²) in [6.45, 7) is 0. The molecule has 0 radical (unpaired) electrons. The van der Waals surface area contributed by atoms with Crippen molar-refractivity contribution in [1.29, 1.82) is 5.26 Å². The summed E-state index contributed by atoms with van der Waals surface area (Å²) in [6.07, 6.45) is 4.30. The summed E-state index contributed by atoms with van der Waals surface area (Å²) in [4.78, 5) is 4.97. The van der Waals surface area contributed by atoms with Gasteiger partial charge in [0.1, 0.15) is 28.3 Å². The van der Waals surface area contributed by atoms with E-state index in [0.717, 1.165) is 97.2 Å². The molecule has 0 bridgehead atoms. The average molecular weight is 556 g/mol. The number of aromatic nitrogens is 2. The summed E-state index contributed by atoms with van der Waals surface area (Å²) in [6, 6.07) is 37.3. The second-order valence-corrected chi connectivity index (χ2v) is 11.3. The van der Waals surface area contributed by atoms with Crippen molar-refractivity contribution in [2.24, 2.45) is 0 Å². The first-order valence-electron chi connectivity index (χ1n) is 14.7. The molecule has 0 spiro atoms. The lowest BCUT2D eigenvalue weighted by atomic mass is 9.93. The van der Waals surface area contributed by atoms with Gasteiger partial charge in [-0.05, 0) is 67.3 Å². The van der Waals surface area contributed by atoms with Crippen LogP contribution >= 0.6 is 0 Å². The minimum atomic E-state index is 0.597. The van der Waals surface area contributed by atoms with E-state index < -0.39 is 0 Å². The van der Waals surface area contributed by atoms with Gasteiger partial charge < -0.3 is 8.83 Å². The van der Waals surface area contributed by atoms with E-state index in [0.29, 0.717) is 5.56 Å². The average Bonchev–Trinajstić information content (AvgIpc) is 3.76. The largest absolute Gasteiger partial charge is 0.460 e. The third-order valence-electron chi connectivity index (χ3n) is 8.82. The van der Waals surface area contributed by atoms with Gasteiger partial charge in [0, 0.05) is 39.6 Å². The fourth-order valence-electron chi connectivity index (χ4n) is 6.80. The predicted octanol–water partition coefficient (Wildman–Crippen LogP) is 9.76. The van der Waals surface area contributed by atoms with Crippen LogP contribution < -0.4 is 0 Å². The molecule has 204 valence electrons. The number of rotatable bonds is 3. The summed E-state index contributed by atoms with van der Waals surface area (Å²) in [5, 5.41) is 12.9. The van der Waals surface area contributed by atoms with Gasteiger partial charge in [-0.25, -0.2) is 4.98 Å². The molecule has 0 fully saturated rings. The minimum Gasteiger partial charge on any atom is -0.460 e. The van der Waals surface area contributed by atoms with Crippen LogP contribution in [-0.2, 0) is 12.8 Å². The minimum absolute atomic E-state index is 0.597. The van der Waals surface area contributed by atoms with E-state index in [1.165, 1.54) is 12.0 Å². The number of para-hydroxylation sites is 1. The molecule has 0 N–H and O–H groups in total. The Morgan fingerprint density at radius 2 is 1.53 bits per heavy atom. The zero-order valence-electron chi connectivity index (χ0n) is 23.3. The van der Waals surface area contributed by atoms with Crippen LogP contribution in [0.25, 0.3) is 72.1 Å². The maximum Gasteiger partial charge on any atom is 0.146 e. The molecule has 3 heterocycles. The van der Waals surface area contributed by atoms with Gasteiger partial charge in [0.05, 0.1) is 28.1 Å². The highest BCUT2D eigenvalue weighted by molar-refractivity contribution is 6.19. The number of nitrogens with zero attached hydrogens (tertiary/aromatic N) is 3. The topological polar surface area (TPSA) is 67.9 Å². The quantitative estimate of drug-likeness (QED) is 0.218. The number of benzene rings is 5. The fraction of sp³-hybridized carbons (Fsp3) is 0.105. The van der Waals surface area contributed by atoms with Gasteiger partial charge in [-0.15, -0.1) is 0 Å². The molecule has 5 aromatic carbocycles. The molecule has 0 aliphatic heterocycles. The lowest BCUT2D eigenvalue weighted by Gasteiger charge is -2.11. The molecule has 5 heteroatoms. The normalized spacial score (nSPS) is 13.2. The lowest BCUT2D eigenvalue weighted by molar-refractivity contribution is 0.506. The van der Waals surface area contributed by atoms with Crippen LogP contribution in [0.5, 0.6) is 0 Å². The summed E-state index contributed by atoms with van der Waals surface area (Å²) >= 11 is 0. The molecule has 3 aromatic heterocycles. The molecule has 0 saturated carbocycles. The Hall–Kier alpha value is -5.60. The Kier molecular flexibility index (Phi) is 5.15. The Morgan fingerprint density at radius 1 is 0.721 bits per heavy atom. The van der Waals surface area contributed by atoms with E-state index in [4.69, 9.17) is 13.8 Å². The Labute approximate surface area is 247 Å². The molecular formula is C38H25N3O2. The molecule has 0 amide bonds. The molecule has 43 heavy (non-hydrogen) atoms. The van der Waals surface area contributed by atoms with Gasteiger partial charge in [0.2, 0.25) is 0 Å². The number of fused-ring (bicyclic) bond motifs is 8. The molecule has 1 aliphatic carbocycles. The van der Waals surface area contributed by atoms with Gasteiger partial charge in [0.25, 0.3) is 0 Å². The number of aryl methyl sites for hydroxylation is 2. The number of nitriles is 1. The molecule has 5 nitrogen and oxygen atoms in total. The zero-order valence-corrected chi connectivity index (χ0v) is 23.3. The van der Waals surface area contributed by atoms with E-state index in [9.17, 15) is 5.26 Å². The van der Waals surface area contributed by atoms with Crippen LogP contribution in [-0.4, -0.2) is 9.55 Å². The van der Waals surface area contributed by atoms with E-state index >= 15 is 0 Å². The number of imidazole rings is 1. The molecule has 0 saturated heterocycles. The first kappa shape index (κ1) is 24.0. The molecule has 0 atom stereocenters. The summed E-state index contributed by atoms with van der Waals surface area (Å²) in [5.41, 5.74) is 10.6. The molecular weight excluding hydrogens is 530 g/mol. The van der Waals surface area contributed by atoms with Crippen molar-refractivity contribution in [1.82, 2.24) is 9.55 Å². The second-order valence-electron chi connectivity index (χ2n) is 11.3. The highest BCUT2D eigenvalue weighted by atomic mass is 16.3. The van der Waals surface area contributed by atoms with Gasteiger partial charge in [-0.1, -0.05) is 60.7 Å². The van der Waals surface area contributed by atoms with Crippen molar-refractivity contribution < 1.29 is 8.83 Å². The Morgan fingerprint density at radius 3 is 2.40 bits per heavy atom. The van der Waals surface area contributed by atoms with Crippen LogP contribution in [0.4, 0.5) is 0 Å². The monoisotopic (exact) mass is 555 g/mol. The zero-order chi connectivity index (χ0) is 28.5. The molecule has 1 aliphatic rings. The Bertz CT molecular complexity index is 2400. The van der Waals surface area contributed by atoms with Crippen LogP contribution in [0.1, 0.15) is 29.7 Å². The molecule has 9 rings (SSSR count). The van der Waals surface area contributed by atoms with Gasteiger partial charge in [0.15, 0.2) is 0 Å². The van der Waals surface area contributed by atoms with Crippen LogP contribution in [0.15, 0.2) is 112 Å². The van der Waals surface area contributed by atoms with Gasteiger partial charge >= 0.3 is 0 Å². The number of hydrogen-bond acceptors (Lipinski definition) is 4.